The largest absolute Gasteiger partial charge is 0.516 e. The van der Waals surface area contributed by atoms with Gasteiger partial charge in [0.15, 0.2) is 5.78 Å². The molecule has 3 nitrogen and oxygen atoms in total. The molecule has 0 fully saturated rings. The molecule has 0 amide bonds. The molecule has 2 aromatic carbocycles. The van der Waals surface area contributed by atoms with Crippen LogP contribution in [0, 0.1) is 5.41 Å². The quantitative estimate of drug-likeness (QED) is 0.478. The van der Waals surface area contributed by atoms with Gasteiger partial charge in [0.25, 0.3) is 0 Å². The van der Waals surface area contributed by atoms with E-state index < -0.39 is 0 Å². The normalized spacial score (nSPS) is 10.2. The Balaban J connectivity index is 0.000000383. The maximum Gasteiger partial charge on any atom is 0.159 e. The van der Waals surface area contributed by atoms with E-state index >= 15 is 0 Å². The van der Waals surface area contributed by atoms with Crippen molar-refractivity contribution in [2.75, 3.05) is 0 Å². The summed E-state index contributed by atoms with van der Waals surface area (Å²) in [6.07, 6.45) is 3.65. The van der Waals surface area contributed by atoms with Crippen LogP contribution >= 0.6 is 0 Å². The van der Waals surface area contributed by atoms with Gasteiger partial charge in [-0.05, 0) is 37.1 Å². The average molecular weight is 283 g/mol. The summed E-state index contributed by atoms with van der Waals surface area (Å²) in [5.41, 5.74) is 2.18. The van der Waals surface area contributed by atoms with Crippen molar-refractivity contribution < 1.29 is 9.90 Å². The summed E-state index contributed by atoms with van der Waals surface area (Å²) in [6.45, 7) is 5.30. The summed E-state index contributed by atoms with van der Waals surface area (Å²) in [6, 6.07) is 11.4. The van der Waals surface area contributed by atoms with Crippen LogP contribution in [0.3, 0.4) is 0 Å². The molecule has 110 valence electrons. The molecule has 3 heteroatoms. The van der Waals surface area contributed by atoms with Crippen molar-refractivity contribution in [3.8, 4) is 0 Å². The second-order valence-corrected chi connectivity index (χ2v) is 4.72. The number of rotatable bonds is 3. The summed E-state index contributed by atoms with van der Waals surface area (Å²) in [5, 5.41) is 17.6. The van der Waals surface area contributed by atoms with Crippen LogP contribution in [0.5, 0.6) is 0 Å². The van der Waals surface area contributed by atoms with Crippen molar-refractivity contribution in [2.45, 2.75) is 27.2 Å². The molecule has 0 aliphatic carbocycles. The molecular formula is C18H21NO2. The number of carbonyl (C=O) groups is 1. The third-order valence-electron chi connectivity index (χ3n) is 3.03. The first kappa shape index (κ1) is 16.6. The molecule has 2 N–H and O–H groups in total. The number of hydrogen-bond acceptors (Lipinski definition) is 3. The Bertz CT molecular complexity index is 672. The number of benzene rings is 2. The molecule has 0 unspecified atom stereocenters. The van der Waals surface area contributed by atoms with Crippen molar-refractivity contribution in [3.63, 3.8) is 0 Å². The number of aliphatic hydroxyl groups is 1. The van der Waals surface area contributed by atoms with Crippen molar-refractivity contribution >= 4 is 22.3 Å². The maximum atomic E-state index is 11.3. The highest BCUT2D eigenvalue weighted by atomic mass is 16.2. The third-order valence-corrected chi connectivity index (χ3v) is 3.03. The molecule has 0 radical (unpaired) electrons. The number of allylic oxidation sites excluding steroid dienone is 1. The standard InChI is InChI=1S/C14H13NO.C4H8O/c1-9(15)13-5-3-4-12-8-11(10(2)16)6-7-14(12)13;1-2-3-4-5/h3-8,15H,1-2H3;3-5H,2H2,1H3/b;4-3+. The molecule has 0 spiro atoms. The molecule has 0 atom stereocenters. The van der Waals surface area contributed by atoms with Crippen LogP contribution in [0.25, 0.3) is 10.8 Å². The second-order valence-electron chi connectivity index (χ2n) is 4.72. The maximum absolute atomic E-state index is 11.3. The number of hydrogen-bond donors (Lipinski definition) is 2. The van der Waals surface area contributed by atoms with Crippen LogP contribution in [-0.2, 0) is 0 Å². The lowest BCUT2D eigenvalue weighted by molar-refractivity contribution is 0.101. The van der Waals surface area contributed by atoms with Gasteiger partial charge in [0, 0.05) is 16.8 Å². The summed E-state index contributed by atoms with van der Waals surface area (Å²) in [5.74, 6) is 0.0684. The molecule has 0 aromatic heterocycles. The van der Waals surface area contributed by atoms with Gasteiger partial charge in [0.05, 0.1) is 6.26 Å². The molecule has 0 aliphatic heterocycles. The predicted octanol–water partition coefficient (Wildman–Crippen LogP) is 4.90. The Morgan fingerprint density at radius 1 is 1.24 bits per heavy atom. The van der Waals surface area contributed by atoms with Gasteiger partial charge in [0.1, 0.15) is 0 Å². The highest BCUT2D eigenvalue weighted by Gasteiger charge is 2.05. The molecule has 0 bridgehead atoms. The monoisotopic (exact) mass is 283 g/mol. The smallest absolute Gasteiger partial charge is 0.159 e. The van der Waals surface area contributed by atoms with Crippen LogP contribution < -0.4 is 0 Å². The fourth-order valence-corrected chi connectivity index (χ4v) is 1.94. The molecule has 0 saturated carbocycles. The third kappa shape index (κ3) is 4.56. The minimum atomic E-state index is 0.0684. The minimum Gasteiger partial charge on any atom is -0.516 e. The number of fused-ring (bicyclic) bond motifs is 1. The van der Waals surface area contributed by atoms with Crippen LogP contribution in [0.15, 0.2) is 48.7 Å². The van der Waals surface area contributed by atoms with Gasteiger partial charge in [-0.2, -0.15) is 0 Å². The van der Waals surface area contributed by atoms with E-state index in [4.69, 9.17) is 10.5 Å². The van der Waals surface area contributed by atoms with E-state index in [1.165, 1.54) is 0 Å². The molecule has 21 heavy (non-hydrogen) atoms. The lowest BCUT2D eigenvalue weighted by atomic mass is 9.99. The SMILES string of the molecule is CC(=N)c1cccc2cc(C(C)=O)ccc12.CC/C=C/O. The van der Waals surface area contributed by atoms with Gasteiger partial charge < -0.3 is 10.5 Å². The Kier molecular flexibility index (Phi) is 6.34. The van der Waals surface area contributed by atoms with Gasteiger partial charge in [0.2, 0.25) is 0 Å². The summed E-state index contributed by atoms with van der Waals surface area (Å²) in [7, 11) is 0. The molecule has 0 aliphatic rings. The molecule has 0 heterocycles. The Hall–Kier alpha value is -2.42. The zero-order valence-corrected chi connectivity index (χ0v) is 12.7. The Labute approximate surface area is 125 Å². The van der Waals surface area contributed by atoms with Crippen molar-refractivity contribution in [1.29, 1.82) is 5.41 Å². The van der Waals surface area contributed by atoms with E-state index in [1.54, 1.807) is 19.9 Å². The van der Waals surface area contributed by atoms with Gasteiger partial charge in [-0.3, -0.25) is 4.79 Å². The highest BCUT2D eigenvalue weighted by Crippen LogP contribution is 2.21. The average Bonchev–Trinajstić information content (AvgIpc) is 2.47. The van der Waals surface area contributed by atoms with Crippen LogP contribution in [0.2, 0.25) is 0 Å². The Morgan fingerprint density at radius 2 is 1.95 bits per heavy atom. The van der Waals surface area contributed by atoms with E-state index in [2.05, 4.69) is 0 Å². The van der Waals surface area contributed by atoms with E-state index in [0.717, 1.165) is 29.0 Å². The van der Waals surface area contributed by atoms with E-state index in [-0.39, 0.29) is 5.78 Å². The van der Waals surface area contributed by atoms with Crippen LogP contribution in [-0.4, -0.2) is 16.6 Å². The van der Waals surface area contributed by atoms with E-state index in [0.29, 0.717) is 11.3 Å². The molecule has 0 saturated heterocycles. The lowest BCUT2D eigenvalue weighted by Gasteiger charge is -2.06. The Morgan fingerprint density at radius 3 is 2.43 bits per heavy atom. The van der Waals surface area contributed by atoms with Crippen LogP contribution in [0.1, 0.15) is 43.1 Å². The van der Waals surface area contributed by atoms with Gasteiger partial charge in [-0.15, -0.1) is 0 Å². The van der Waals surface area contributed by atoms with E-state index in [9.17, 15) is 4.79 Å². The number of ketones is 1. The number of nitrogens with one attached hydrogen (secondary N) is 1. The van der Waals surface area contributed by atoms with Crippen molar-refractivity contribution in [2.24, 2.45) is 0 Å². The zero-order valence-electron chi connectivity index (χ0n) is 12.7. The first-order valence-corrected chi connectivity index (χ1v) is 6.89. The summed E-state index contributed by atoms with van der Waals surface area (Å²) in [4.78, 5) is 11.3. The molecular weight excluding hydrogens is 262 g/mol. The molecule has 2 rings (SSSR count). The summed E-state index contributed by atoms with van der Waals surface area (Å²) < 4.78 is 0. The van der Waals surface area contributed by atoms with Crippen molar-refractivity contribution in [1.82, 2.24) is 0 Å². The number of aliphatic hydroxyl groups excluding tert-OH is 1. The van der Waals surface area contributed by atoms with Crippen molar-refractivity contribution in [3.05, 3.63) is 59.9 Å². The first-order chi connectivity index (χ1) is 10.0. The minimum absolute atomic E-state index is 0.0684. The first-order valence-electron chi connectivity index (χ1n) is 6.89. The summed E-state index contributed by atoms with van der Waals surface area (Å²) >= 11 is 0. The predicted molar refractivity (Wildman–Crippen MR) is 88.5 cm³/mol. The topological polar surface area (TPSA) is 61.2 Å². The lowest BCUT2D eigenvalue weighted by Crippen LogP contribution is -1.95. The fourth-order valence-electron chi connectivity index (χ4n) is 1.94. The number of Topliss-reactive ketones (excluding diaryl/α,β-unsaturated/α-hetero) is 1. The molecule has 2 aromatic rings. The fraction of sp³-hybridized carbons (Fsp3) is 0.222. The van der Waals surface area contributed by atoms with Gasteiger partial charge in [-0.1, -0.05) is 43.3 Å². The second kappa shape index (κ2) is 8.00. The number of carbonyl (C=O) groups excluding carboxylic acids is 1. The van der Waals surface area contributed by atoms with E-state index in [1.807, 2.05) is 43.3 Å². The highest BCUT2D eigenvalue weighted by molar-refractivity contribution is 6.09. The van der Waals surface area contributed by atoms with Gasteiger partial charge >= 0.3 is 0 Å². The van der Waals surface area contributed by atoms with Crippen LogP contribution in [0.4, 0.5) is 0 Å². The van der Waals surface area contributed by atoms with Gasteiger partial charge in [-0.25, -0.2) is 0 Å². The zero-order chi connectivity index (χ0) is 15.8.